The van der Waals surface area contributed by atoms with Crippen LogP contribution >= 0.6 is 11.6 Å². The van der Waals surface area contributed by atoms with Gasteiger partial charge in [-0.1, -0.05) is 11.6 Å². The second-order valence-corrected chi connectivity index (χ2v) is 7.91. The van der Waals surface area contributed by atoms with Gasteiger partial charge in [0.2, 0.25) is 5.95 Å². The molecule has 0 bridgehead atoms. The lowest BCUT2D eigenvalue weighted by atomic mass is 10.1. The van der Waals surface area contributed by atoms with Crippen molar-refractivity contribution in [3.8, 4) is 0 Å². The minimum atomic E-state index is 0.551. The van der Waals surface area contributed by atoms with Crippen molar-refractivity contribution in [2.24, 2.45) is 17.3 Å². The van der Waals surface area contributed by atoms with Crippen molar-refractivity contribution in [3.63, 3.8) is 0 Å². The molecule has 1 heterocycles. The Kier molecular flexibility index (Phi) is 6.78. The molecule has 0 saturated carbocycles. The zero-order chi connectivity index (χ0) is 19.3. The van der Waals surface area contributed by atoms with Gasteiger partial charge >= 0.3 is 0 Å². The number of aryl methyl sites for hydroxylation is 1. The maximum absolute atomic E-state index is 6.43. The number of nitrogens with zero attached hydrogens (tertiary/aromatic N) is 6. The predicted octanol–water partition coefficient (Wildman–Crippen LogP) is 4.80. The van der Waals surface area contributed by atoms with E-state index in [2.05, 4.69) is 61.2 Å². The van der Waals surface area contributed by atoms with Gasteiger partial charge in [-0.2, -0.15) is 0 Å². The van der Waals surface area contributed by atoms with E-state index in [1.54, 1.807) is 10.8 Å². The van der Waals surface area contributed by atoms with Gasteiger partial charge in [0.25, 0.3) is 0 Å². The summed E-state index contributed by atoms with van der Waals surface area (Å²) in [7, 11) is 8.58. The lowest BCUT2D eigenvalue weighted by Gasteiger charge is -2.33. The fourth-order valence-electron chi connectivity index (χ4n) is 2.53. The smallest absolute Gasteiger partial charge is 0.249 e. The van der Waals surface area contributed by atoms with Crippen LogP contribution in [0.1, 0.15) is 20.3 Å². The van der Waals surface area contributed by atoms with Crippen molar-refractivity contribution < 1.29 is 4.48 Å². The number of azo groups is 1. The van der Waals surface area contributed by atoms with E-state index in [9.17, 15) is 0 Å². The van der Waals surface area contributed by atoms with Gasteiger partial charge in [0.15, 0.2) is 0 Å². The number of rotatable bonds is 8. The van der Waals surface area contributed by atoms with Gasteiger partial charge in [0.1, 0.15) is 5.69 Å². The Bertz CT molecular complexity index is 747. The molecule has 0 aliphatic carbocycles. The van der Waals surface area contributed by atoms with Gasteiger partial charge in [-0.25, -0.2) is 4.98 Å². The van der Waals surface area contributed by atoms with Crippen LogP contribution in [0.3, 0.4) is 0 Å². The van der Waals surface area contributed by atoms with Crippen LogP contribution in [-0.2, 0) is 7.05 Å². The van der Waals surface area contributed by atoms with Gasteiger partial charge in [0, 0.05) is 44.6 Å². The summed E-state index contributed by atoms with van der Waals surface area (Å²) in [5, 5.41) is 8.98. The second kappa shape index (κ2) is 8.64. The highest BCUT2D eigenvalue weighted by atomic mass is 35.5. The second-order valence-electron chi connectivity index (χ2n) is 7.51. The van der Waals surface area contributed by atoms with Crippen LogP contribution in [0.4, 0.5) is 17.3 Å². The molecular formula is C19H30ClN6+. The number of aromatic nitrogens is 2. The summed E-state index contributed by atoms with van der Waals surface area (Å²) in [4.78, 5) is 6.47. The van der Waals surface area contributed by atoms with Crippen molar-refractivity contribution in [3.05, 3.63) is 35.6 Å². The Morgan fingerprint density at radius 3 is 2.54 bits per heavy atom. The van der Waals surface area contributed by atoms with E-state index in [1.807, 2.05) is 25.4 Å². The highest BCUT2D eigenvalue weighted by Crippen LogP contribution is 2.31. The Morgan fingerprint density at radius 2 is 2.00 bits per heavy atom. The molecule has 0 fully saturated rings. The van der Waals surface area contributed by atoms with Crippen LogP contribution in [0.2, 0.25) is 5.02 Å². The third kappa shape index (κ3) is 5.29. The Hall–Kier alpha value is -1.92. The highest BCUT2D eigenvalue weighted by Gasteiger charge is 2.19. The van der Waals surface area contributed by atoms with Crippen molar-refractivity contribution in [2.75, 3.05) is 39.1 Å². The molecule has 26 heavy (non-hydrogen) atoms. The quantitative estimate of drug-likeness (QED) is 0.490. The molecule has 0 saturated heterocycles. The first-order valence-electron chi connectivity index (χ1n) is 8.97. The third-order valence-electron chi connectivity index (χ3n) is 4.86. The molecule has 2 aromatic rings. The average Bonchev–Trinajstić information content (AvgIpc) is 2.98. The summed E-state index contributed by atoms with van der Waals surface area (Å²) in [6.45, 7) is 6.40. The van der Waals surface area contributed by atoms with Gasteiger partial charge < -0.3 is 14.0 Å². The van der Waals surface area contributed by atoms with Crippen LogP contribution in [0.15, 0.2) is 40.8 Å². The van der Waals surface area contributed by atoms with E-state index in [1.165, 1.54) is 0 Å². The van der Waals surface area contributed by atoms with Gasteiger partial charge in [-0.15, -0.1) is 10.2 Å². The van der Waals surface area contributed by atoms with E-state index < -0.39 is 0 Å². The fourth-order valence-corrected chi connectivity index (χ4v) is 2.74. The van der Waals surface area contributed by atoms with Crippen molar-refractivity contribution in [1.82, 2.24) is 9.55 Å². The molecule has 1 aromatic carbocycles. The van der Waals surface area contributed by atoms with Crippen molar-refractivity contribution in [1.29, 1.82) is 0 Å². The van der Waals surface area contributed by atoms with Crippen LogP contribution < -0.4 is 4.90 Å². The molecule has 1 atom stereocenters. The Labute approximate surface area is 161 Å². The standard InChI is InChI=1S/C19H30ClN6/c1-7-25(12-10-15(2)26(4,5)6)16-8-9-18(17(20)14-16)22-23-19-21-11-13-24(19)3/h8-9,11,13-15H,7,10,12H2,1-6H3/q+1. The number of halogens is 1. The number of benzene rings is 1. The molecule has 2 rings (SSSR count). The molecule has 7 heteroatoms. The summed E-state index contributed by atoms with van der Waals surface area (Å²) in [6, 6.07) is 6.52. The molecule has 6 nitrogen and oxygen atoms in total. The largest absolute Gasteiger partial charge is 0.372 e. The Morgan fingerprint density at radius 1 is 1.27 bits per heavy atom. The summed E-state index contributed by atoms with van der Waals surface area (Å²) in [5.74, 6) is 0.551. The predicted molar refractivity (Wildman–Crippen MR) is 109 cm³/mol. The number of quaternary nitrogens is 1. The van der Waals surface area contributed by atoms with Gasteiger partial charge in [-0.3, -0.25) is 0 Å². The molecule has 1 unspecified atom stereocenters. The lowest BCUT2D eigenvalue weighted by Crippen LogP contribution is -2.44. The molecule has 0 radical (unpaired) electrons. The maximum atomic E-state index is 6.43. The van der Waals surface area contributed by atoms with Crippen LogP contribution in [0, 0.1) is 0 Å². The minimum absolute atomic E-state index is 0.551. The molecule has 1 aromatic heterocycles. The first-order chi connectivity index (χ1) is 12.2. The normalized spacial score (nSPS) is 13.3. The van der Waals surface area contributed by atoms with Crippen LogP contribution in [-0.4, -0.2) is 54.3 Å². The average molecular weight is 378 g/mol. The van der Waals surface area contributed by atoms with Crippen molar-refractivity contribution >= 4 is 28.9 Å². The number of imidazole rings is 1. The number of hydrogen-bond acceptors (Lipinski definition) is 4. The molecule has 0 aliphatic heterocycles. The zero-order valence-corrected chi connectivity index (χ0v) is 17.4. The molecule has 0 amide bonds. The van der Waals surface area contributed by atoms with Gasteiger partial charge in [-0.05, 0) is 32.0 Å². The third-order valence-corrected chi connectivity index (χ3v) is 5.16. The maximum Gasteiger partial charge on any atom is 0.249 e. The van der Waals surface area contributed by atoms with E-state index >= 15 is 0 Å². The number of anilines is 1. The lowest BCUT2D eigenvalue weighted by molar-refractivity contribution is -0.894. The molecule has 142 valence electrons. The monoisotopic (exact) mass is 377 g/mol. The summed E-state index contributed by atoms with van der Waals surface area (Å²) in [6.07, 6.45) is 4.64. The summed E-state index contributed by atoms with van der Waals surface area (Å²) < 4.78 is 2.77. The van der Waals surface area contributed by atoms with E-state index in [4.69, 9.17) is 11.6 Å². The van der Waals surface area contributed by atoms with Crippen molar-refractivity contribution in [2.45, 2.75) is 26.3 Å². The Balaban J connectivity index is 2.09. The van der Waals surface area contributed by atoms with Crippen LogP contribution in [0.5, 0.6) is 0 Å². The first kappa shape index (κ1) is 20.4. The summed E-state index contributed by atoms with van der Waals surface area (Å²) >= 11 is 6.43. The summed E-state index contributed by atoms with van der Waals surface area (Å²) in [5.41, 5.74) is 1.76. The van der Waals surface area contributed by atoms with E-state index in [0.29, 0.717) is 22.7 Å². The SMILES string of the molecule is CCN(CCC(C)[N+](C)(C)C)c1ccc(N=Nc2nccn2C)c(Cl)c1. The van der Waals surface area contributed by atoms with Gasteiger partial charge in [0.05, 0.1) is 32.2 Å². The number of hydrogen-bond donors (Lipinski definition) is 0. The molecule has 0 spiro atoms. The molecule has 0 N–H and O–H groups in total. The highest BCUT2D eigenvalue weighted by molar-refractivity contribution is 6.33. The minimum Gasteiger partial charge on any atom is -0.372 e. The zero-order valence-electron chi connectivity index (χ0n) is 16.6. The molecular weight excluding hydrogens is 348 g/mol. The van der Waals surface area contributed by atoms with Crippen LogP contribution in [0.25, 0.3) is 0 Å². The first-order valence-corrected chi connectivity index (χ1v) is 9.34. The van der Waals surface area contributed by atoms with E-state index in [-0.39, 0.29) is 0 Å². The fraction of sp³-hybridized carbons (Fsp3) is 0.526. The molecule has 0 aliphatic rings. The van der Waals surface area contributed by atoms with E-state index in [0.717, 1.165) is 29.7 Å². The topological polar surface area (TPSA) is 45.8 Å².